The number of hydrogen-bond acceptors (Lipinski definition) is 1. The summed E-state index contributed by atoms with van der Waals surface area (Å²) in [5, 5.41) is 11.3. The van der Waals surface area contributed by atoms with E-state index in [1.54, 1.807) is 12.1 Å². The molecule has 95 valence electrons. The number of phenols is 1. The molecule has 2 nitrogen and oxygen atoms in total. The number of H-pyrrole nitrogens is 1. The molecule has 4 heteroatoms. The highest BCUT2D eigenvalue weighted by Gasteiger charge is 2.13. The monoisotopic (exact) mass is 258 g/mol. The van der Waals surface area contributed by atoms with E-state index < -0.39 is 0 Å². The third-order valence-electron chi connectivity index (χ3n) is 3.71. The SMILES string of the molecule is [B]c1ccc(-c2[nH]c3ccc([B]C)cc3c2C)c(O)c1. The Labute approximate surface area is 120 Å². The van der Waals surface area contributed by atoms with Crippen LogP contribution in [-0.2, 0) is 0 Å². The largest absolute Gasteiger partial charge is 0.507 e. The van der Waals surface area contributed by atoms with Crippen molar-refractivity contribution < 1.29 is 5.11 Å². The summed E-state index contributed by atoms with van der Waals surface area (Å²) in [5.74, 6) is 0.196. The van der Waals surface area contributed by atoms with Crippen molar-refractivity contribution in [3.8, 4) is 17.0 Å². The molecule has 1 aromatic heterocycles. The molecule has 0 spiro atoms. The van der Waals surface area contributed by atoms with Crippen LogP contribution in [0.2, 0.25) is 6.82 Å². The lowest BCUT2D eigenvalue weighted by Gasteiger charge is -2.05. The Morgan fingerprint density at radius 3 is 2.65 bits per heavy atom. The van der Waals surface area contributed by atoms with E-state index in [4.69, 9.17) is 7.85 Å². The summed E-state index contributed by atoms with van der Waals surface area (Å²) in [7, 11) is 7.76. The summed E-state index contributed by atoms with van der Waals surface area (Å²) >= 11 is 0. The summed E-state index contributed by atoms with van der Waals surface area (Å²) in [4.78, 5) is 3.38. The van der Waals surface area contributed by atoms with Gasteiger partial charge in [0.05, 0.1) is 5.69 Å². The normalized spacial score (nSPS) is 10.9. The van der Waals surface area contributed by atoms with Crippen molar-refractivity contribution in [1.29, 1.82) is 0 Å². The standard InChI is InChI=1S/C16H14B2NO/c1-9-13-8-11(18-2)4-6-14(13)19-16(9)12-5-3-10(17)7-15(12)20/h3-8,19-20H,1-2H3. The molecule has 0 fully saturated rings. The first-order chi connectivity index (χ1) is 9.60. The second-order valence-electron chi connectivity index (χ2n) is 5.00. The van der Waals surface area contributed by atoms with Crippen LogP contribution in [0, 0.1) is 6.92 Å². The van der Waals surface area contributed by atoms with Crippen molar-refractivity contribution >= 4 is 37.0 Å². The lowest BCUT2D eigenvalue weighted by Crippen LogP contribution is -2.08. The van der Waals surface area contributed by atoms with Gasteiger partial charge in [0.15, 0.2) is 0 Å². The fourth-order valence-corrected chi connectivity index (χ4v) is 2.55. The van der Waals surface area contributed by atoms with Crippen LogP contribution in [0.25, 0.3) is 22.2 Å². The number of benzene rings is 2. The molecule has 0 bridgehead atoms. The highest BCUT2D eigenvalue weighted by molar-refractivity contribution is 6.52. The Kier molecular flexibility index (Phi) is 3.09. The molecule has 3 rings (SSSR count). The minimum absolute atomic E-state index is 0.196. The van der Waals surface area contributed by atoms with Gasteiger partial charge in [0.25, 0.3) is 0 Å². The van der Waals surface area contributed by atoms with Crippen molar-refractivity contribution in [2.45, 2.75) is 13.7 Å². The molecule has 3 aromatic rings. The third-order valence-corrected chi connectivity index (χ3v) is 3.71. The highest BCUT2D eigenvalue weighted by atomic mass is 16.3. The van der Waals surface area contributed by atoms with E-state index in [1.165, 1.54) is 10.8 Å². The van der Waals surface area contributed by atoms with Crippen LogP contribution in [0.5, 0.6) is 5.75 Å². The fourth-order valence-electron chi connectivity index (χ4n) is 2.55. The molecule has 0 amide bonds. The van der Waals surface area contributed by atoms with Crippen LogP contribution in [0.3, 0.4) is 0 Å². The third kappa shape index (κ3) is 2.01. The Morgan fingerprint density at radius 2 is 1.95 bits per heavy atom. The lowest BCUT2D eigenvalue weighted by atomic mass is 9.73. The van der Waals surface area contributed by atoms with Gasteiger partial charge in [-0.2, -0.15) is 0 Å². The van der Waals surface area contributed by atoms with Gasteiger partial charge in [0.2, 0.25) is 0 Å². The van der Waals surface area contributed by atoms with E-state index >= 15 is 0 Å². The molecule has 0 aliphatic carbocycles. The number of hydrogen-bond donors (Lipinski definition) is 2. The van der Waals surface area contributed by atoms with Crippen LogP contribution in [-0.4, -0.2) is 25.2 Å². The van der Waals surface area contributed by atoms with Gasteiger partial charge in [-0.25, -0.2) is 0 Å². The number of aromatic hydroxyl groups is 1. The summed E-state index contributed by atoms with van der Waals surface area (Å²) in [5.41, 5.74) is 5.65. The second-order valence-corrected chi connectivity index (χ2v) is 5.00. The number of nitrogens with one attached hydrogen (secondary N) is 1. The Bertz CT molecular complexity index is 793. The topological polar surface area (TPSA) is 36.0 Å². The molecule has 0 unspecified atom stereocenters. The van der Waals surface area contributed by atoms with Crippen LogP contribution >= 0.6 is 0 Å². The van der Waals surface area contributed by atoms with Crippen molar-refractivity contribution in [1.82, 2.24) is 4.98 Å². The highest BCUT2D eigenvalue weighted by Crippen LogP contribution is 2.33. The van der Waals surface area contributed by atoms with Gasteiger partial charge in [0.1, 0.15) is 20.9 Å². The van der Waals surface area contributed by atoms with Gasteiger partial charge >= 0.3 is 0 Å². The smallest absolute Gasteiger partial charge is 0.148 e. The molecule has 1 heterocycles. The molecule has 3 radical (unpaired) electrons. The maximum absolute atomic E-state index is 10.1. The van der Waals surface area contributed by atoms with Crippen LogP contribution in [0.4, 0.5) is 0 Å². The van der Waals surface area contributed by atoms with E-state index in [-0.39, 0.29) is 5.75 Å². The number of aryl methyl sites for hydroxylation is 1. The van der Waals surface area contributed by atoms with Crippen molar-refractivity contribution in [2.75, 3.05) is 0 Å². The Morgan fingerprint density at radius 1 is 1.15 bits per heavy atom. The first kappa shape index (κ1) is 12.9. The van der Waals surface area contributed by atoms with Crippen LogP contribution in [0.15, 0.2) is 36.4 Å². The van der Waals surface area contributed by atoms with E-state index in [1.807, 2.05) is 12.9 Å². The maximum Gasteiger partial charge on any atom is 0.148 e. The minimum atomic E-state index is 0.196. The molecule has 0 atom stereocenters. The van der Waals surface area contributed by atoms with E-state index in [0.717, 1.165) is 22.3 Å². The predicted molar refractivity (Wildman–Crippen MR) is 86.8 cm³/mol. The van der Waals surface area contributed by atoms with Gasteiger partial charge in [-0.3, -0.25) is 0 Å². The predicted octanol–water partition coefficient (Wildman–Crippen LogP) is 2.02. The molecular weight excluding hydrogens is 244 g/mol. The van der Waals surface area contributed by atoms with Gasteiger partial charge in [0, 0.05) is 16.5 Å². The average Bonchev–Trinajstić information content (AvgIpc) is 2.76. The van der Waals surface area contributed by atoms with Crippen LogP contribution < -0.4 is 10.9 Å². The molecule has 0 saturated carbocycles. The first-order valence-corrected chi connectivity index (χ1v) is 6.60. The van der Waals surface area contributed by atoms with Crippen molar-refractivity contribution in [3.63, 3.8) is 0 Å². The zero-order chi connectivity index (χ0) is 14.3. The molecular formula is C16H14B2NO. The summed E-state index contributed by atoms with van der Waals surface area (Å²) < 4.78 is 0. The second kappa shape index (κ2) is 4.78. The summed E-state index contributed by atoms with van der Waals surface area (Å²) in [6.07, 6.45) is 0. The zero-order valence-electron chi connectivity index (χ0n) is 11.6. The zero-order valence-corrected chi connectivity index (χ0v) is 11.6. The summed E-state index contributed by atoms with van der Waals surface area (Å²) in [6, 6.07) is 11.5. The number of fused-ring (bicyclic) bond motifs is 1. The molecule has 20 heavy (non-hydrogen) atoms. The van der Waals surface area contributed by atoms with E-state index in [0.29, 0.717) is 5.46 Å². The lowest BCUT2D eigenvalue weighted by molar-refractivity contribution is 0.477. The van der Waals surface area contributed by atoms with Gasteiger partial charge in [-0.1, -0.05) is 35.9 Å². The van der Waals surface area contributed by atoms with Gasteiger partial charge in [-0.05, 0) is 30.7 Å². The number of phenolic OH excluding ortho intramolecular Hbond substituents is 1. The quantitative estimate of drug-likeness (QED) is 0.677. The van der Waals surface area contributed by atoms with Gasteiger partial charge in [-0.15, -0.1) is 0 Å². The molecule has 0 aliphatic rings. The number of rotatable bonds is 2. The molecule has 2 aromatic carbocycles. The van der Waals surface area contributed by atoms with E-state index in [9.17, 15) is 5.11 Å². The maximum atomic E-state index is 10.1. The molecule has 0 saturated heterocycles. The van der Waals surface area contributed by atoms with Crippen molar-refractivity contribution in [3.05, 3.63) is 42.0 Å². The number of aromatic amines is 1. The molecule has 2 N–H and O–H groups in total. The average molecular weight is 258 g/mol. The Balaban J connectivity index is 2.24. The summed E-state index contributed by atoms with van der Waals surface area (Å²) in [6.45, 7) is 4.08. The van der Waals surface area contributed by atoms with E-state index in [2.05, 4.69) is 37.4 Å². The fraction of sp³-hybridized carbons (Fsp3) is 0.125. The number of aromatic nitrogens is 1. The van der Waals surface area contributed by atoms with Gasteiger partial charge < -0.3 is 10.1 Å². The first-order valence-electron chi connectivity index (χ1n) is 6.60. The molecule has 0 aliphatic heterocycles. The minimum Gasteiger partial charge on any atom is -0.507 e. The van der Waals surface area contributed by atoms with Crippen molar-refractivity contribution in [2.24, 2.45) is 0 Å². The Hall–Kier alpha value is -2.09. The van der Waals surface area contributed by atoms with Crippen LogP contribution in [0.1, 0.15) is 5.56 Å².